The van der Waals surface area contributed by atoms with E-state index in [1.807, 2.05) is 37.3 Å². The largest absolute Gasteiger partial charge is 0.396 e. The van der Waals surface area contributed by atoms with E-state index >= 15 is 0 Å². The maximum Gasteiger partial charge on any atom is 0.193 e. The number of hydrogen-bond donors (Lipinski definition) is 3. The Morgan fingerprint density at radius 3 is 2.69 bits per heavy atom. The molecular formula is C12H19N3O. The molecule has 0 aromatic heterocycles. The van der Waals surface area contributed by atoms with Gasteiger partial charge in [-0.2, -0.15) is 0 Å². The lowest BCUT2D eigenvalue weighted by molar-refractivity contribution is 0.275. The molecule has 0 amide bonds. The van der Waals surface area contributed by atoms with Crippen LogP contribution in [0.25, 0.3) is 0 Å². The van der Waals surface area contributed by atoms with Crippen LogP contribution < -0.4 is 11.1 Å². The van der Waals surface area contributed by atoms with Crippen molar-refractivity contribution in [1.82, 2.24) is 0 Å². The number of benzene rings is 1. The highest BCUT2D eigenvalue weighted by molar-refractivity contribution is 5.92. The summed E-state index contributed by atoms with van der Waals surface area (Å²) in [7, 11) is 0. The van der Waals surface area contributed by atoms with Gasteiger partial charge >= 0.3 is 0 Å². The lowest BCUT2D eigenvalue weighted by Crippen LogP contribution is -2.25. The summed E-state index contributed by atoms with van der Waals surface area (Å²) < 4.78 is 0. The number of para-hydroxylation sites is 1. The van der Waals surface area contributed by atoms with Crippen LogP contribution in [0.1, 0.15) is 19.8 Å². The van der Waals surface area contributed by atoms with E-state index in [1.165, 1.54) is 0 Å². The van der Waals surface area contributed by atoms with Crippen molar-refractivity contribution in [1.29, 1.82) is 0 Å². The maximum atomic E-state index is 8.84. The first kappa shape index (κ1) is 12.5. The number of rotatable bonds is 5. The fraction of sp³-hybridized carbons (Fsp3) is 0.417. The van der Waals surface area contributed by atoms with Gasteiger partial charge < -0.3 is 16.2 Å². The van der Waals surface area contributed by atoms with Gasteiger partial charge in [-0.15, -0.1) is 0 Å². The average Bonchev–Trinajstić information content (AvgIpc) is 2.29. The Morgan fingerprint density at radius 2 is 2.12 bits per heavy atom. The van der Waals surface area contributed by atoms with Crippen LogP contribution in [-0.4, -0.2) is 23.7 Å². The Labute approximate surface area is 96.2 Å². The Morgan fingerprint density at radius 1 is 1.44 bits per heavy atom. The van der Waals surface area contributed by atoms with E-state index < -0.39 is 0 Å². The molecule has 0 aliphatic carbocycles. The molecule has 0 saturated carbocycles. The van der Waals surface area contributed by atoms with Crippen molar-refractivity contribution in [3.8, 4) is 0 Å². The van der Waals surface area contributed by atoms with E-state index in [1.54, 1.807) is 0 Å². The molecule has 1 aromatic carbocycles. The molecule has 0 bridgehead atoms. The number of anilines is 1. The second-order valence-corrected chi connectivity index (χ2v) is 3.58. The van der Waals surface area contributed by atoms with Gasteiger partial charge in [-0.1, -0.05) is 25.1 Å². The third-order valence-corrected chi connectivity index (χ3v) is 2.30. The molecule has 4 nitrogen and oxygen atoms in total. The summed E-state index contributed by atoms with van der Waals surface area (Å²) in [4.78, 5) is 4.30. The highest BCUT2D eigenvalue weighted by Crippen LogP contribution is 2.06. The second kappa shape index (κ2) is 6.85. The quantitative estimate of drug-likeness (QED) is 0.522. The lowest BCUT2D eigenvalue weighted by Gasteiger charge is -2.11. The van der Waals surface area contributed by atoms with E-state index in [2.05, 4.69) is 10.3 Å². The van der Waals surface area contributed by atoms with Crippen LogP contribution >= 0.6 is 0 Å². The third kappa shape index (κ3) is 4.31. The minimum atomic E-state index is 0.0845. The molecule has 0 fully saturated rings. The normalized spacial score (nSPS) is 13.5. The monoisotopic (exact) mass is 221 g/mol. The number of aliphatic hydroxyl groups excluding tert-OH is 1. The summed E-state index contributed by atoms with van der Waals surface area (Å²) in [6.45, 7) is 2.17. The molecule has 4 N–H and O–H groups in total. The summed E-state index contributed by atoms with van der Waals surface area (Å²) in [5.74, 6) is 0.395. The second-order valence-electron chi connectivity index (χ2n) is 3.58. The number of aliphatic imine (C=N–C) groups is 1. The zero-order valence-electron chi connectivity index (χ0n) is 9.56. The predicted molar refractivity (Wildman–Crippen MR) is 67.5 cm³/mol. The Hall–Kier alpha value is -1.55. The van der Waals surface area contributed by atoms with E-state index in [4.69, 9.17) is 10.8 Å². The molecular weight excluding hydrogens is 202 g/mol. The zero-order valence-corrected chi connectivity index (χ0v) is 9.56. The van der Waals surface area contributed by atoms with Crippen molar-refractivity contribution in [2.24, 2.45) is 10.7 Å². The van der Waals surface area contributed by atoms with E-state index in [9.17, 15) is 0 Å². The lowest BCUT2D eigenvalue weighted by atomic mass is 10.2. The van der Waals surface area contributed by atoms with Crippen molar-refractivity contribution in [2.45, 2.75) is 25.8 Å². The van der Waals surface area contributed by atoms with Crippen molar-refractivity contribution in [2.75, 3.05) is 11.9 Å². The molecule has 0 radical (unpaired) electrons. The minimum Gasteiger partial charge on any atom is -0.396 e. The van der Waals surface area contributed by atoms with Crippen LogP contribution in [-0.2, 0) is 0 Å². The van der Waals surface area contributed by atoms with Crippen LogP contribution in [0, 0.1) is 0 Å². The Bertz CT molecular complexity index is 324. The predicted octanol–water partition coefficient (Wildman–Crippen LogP) is 1.57. The summed E-state index contributed by atoms with van der Waals surface area (Å²) in [6, 6.07) is 9.74. The van der Waals surface area contributed by atoms with E-state index in [0.29, 0.717) is 12.4 Å². The average molecular weight is 221 g/mol. The number of nitrogens with zero attached hydrogens (tertiary/aromatic N) is 1. The first-order chi connectivity index (χ1) is 7.76. The number of nitrogens with one attached hydrogen (secondary N) is 1. The summed E-state index contributed by atoms with van der Waals surface area (Å²) in [6.07, 6.45) is 1.52. The first-order valence-corrected chi connectivity index (χ1v) is 5.52. The molecule has 1 unspecified atom stereocenters. The van der Waals surface area contributed by atoms with Crippen molar-refractivity contribution < 1.29 is 5.11 Å². The summed E-state index contributed by atoms with van der Waals surface area (Å²) >= 11 is 0. The molecule has 1 rings (SSSR count). The van der Waals surface area contributed by atoms with Crippen LogP contribution in [0.3, 0.4) is 0 Å². The molecule has 0 aliphatic rings. The van der Waals surface area contributed by atoms with Gasteiger partial charge in [-0.25, -0.2) is 4.99 Å². The van der Waals surface area contributed by atoms with Gasteiger partial charge in [0.1, 0.15) is 0 Å². The molecule has 0 saturated heterocycles. The van der Waals surface area contributed by atoms with Crippen LogP contribution in [0.5, 0.6) is 0 Å². The molecule has 4 heteroatoms. The molecule has 0 aliphatic heterocycles. The van der Waals surface area contributed by atoms with Crippen LogP contribution in [0.15, 0.2) is 35.3 Å². The smallest absolute Gasteiger partial charge is 0.193 e. The minimum absolute atomic E-state index is 0.0845. The fourth-order valence-corrected chi connectivity index (χ4v) is 1.41. The third-order valence-electron chi connectivity index (χ3n) is 2.30. The van der Waals surface area contributed by atoms with Gasteiger partial charge in [0.25, 0.3) is 0 Å². The molecule has 0 heterocycles. The number of aliphatic hydroxyl groups is 1. The van der Waals surface area contributed by atoms with Gasteiger partial charge in [-0.05, 0) is 25.0 Å². The number of guanidine groups is 1. The number of nitrogens with two attached hydrogens (primary N) is 1. The highest BCUT2D eigenvalue weighted by atomic mass is 16.3. The molecule has 0 spiro atoms. The van der Waals surface area contributed by atoms with Crippen molar-refractivity contribution >= 4 is 11.6 Å². The van der Waals surface area contributed by atoms with Crippen LogP contribution in [0.4, 0.5) is 5.69 Å². The molecule has 1 aromatic rings. The van der Waals surface area contributed by atoms with Gasteiger partial charge in [0.2, 0.25) is 0 Å². The molecule has 16 heavy (non-hydrogen) atoms. The number of hydrogen-bond acceptors (Lipinski definition) is 2. The van der Waals surface area contributed by atoms with Crippen LogP contribution in [0.2, 0.25) is 0 Å². The van der Waals surface area contributed by atoms with Crippen molar-refractivity contribution in [3.05, 3.63) is 30.3 Å². The van der Waals surface area contributed by atoms with Crippen molar-refractivity contribution in [3.63, 3.8) is 0 Å². The first-order valence-electron chi connectivity index (χ1n) is 5.52. The van der Waals surface area contributed by atoms with E-state index in [0.717, 1.165) is 12.1 Å². The zero-order chi connectivity index (χ0) is 11.8. The van der Waals surface area contributed by atoms with Gasteiger partial charge in [0.15, 0.2) is 5.96 Å². The summed E-state index contributed by atoms with van der Waals surface area (Å²) in [5, 5.41) is 11.9. The maximum absolute atomic E-state index is 8.84. The van der Waals surface area contributed by atoms with Gasteiger partial charge in [0, 0.05) is 12.3 Å². The summed E-state index contributed by atoms with van der Waals surface area (Å²) in [5.41, 5.74) is 6.69. The topological polar surface area (TPSA) is 70.6 Å². The highest BCUT2D eigenvalue weighted by Gasteiger charge is 2.03. The fourth-order valence-electron chi connectivity index (χ4n) is 1.41. The SMILES string of the molecule is CCC(CCO)N=C(N)Nc1ccccc1. The Balaban J connectivity index is 2.56. The van der Waals surface area contributed by atoms with E-state index in [-0.39, 0.29) is 12.6 Å². The molecule has 1 atom stereocenters. The Kier molecular flexibility index (Phi) is 5.36. The van der Waals surface area contributed by atoms with Gasteiger partial charge in [0.05, 0.1) is 6.04 Å². The van der Waals surface area contributed by atoms with Gasteiger partial charge in [-0.3, -0.25) is 0 Å². The molecule has 88 valence electrons. The standard InChI is InChI=1S/C12H19N3O/c1-2-10(8-9-16)14-12(13)15-11-6-4-3-5-7-11/h3-7,10,16H,2,8-9H2,1H3,(H3,13,14,15).